The van der Waals surface area contributed by atoms with Crippen LogP contribution in [0.1, 0.15) is 31.9 Å². The minimum Gasteiger partial charge on any atom is -0.342 e. The lowest BCUT2D eigenvalue weighted by molar-refractivity contribution is -0.129. The third-order valence-corrected chi connectivity index (χ3v) is 4.32. The van der Waals surface area contributed by atoms with Crippen molar-refractivity contribution in [3.63, 3.8) is 0 Å². The van der Waals surface area contributed by atoms with E-state index >= 15 is 0 Å². The maximum Gasteiger partial charge on any atom is 0.235 e. The third-order valence-electron chi connectivity index (χ3n) is 3.07. The van der Waals surface area contributed by atoms with Crippen LogP contribution in [0.15, 0.2) is 23.1 Å². The molecule has 1 rings (SSSR count). The summed E-state index contributed by atoms with van der Waals surface area (Å²) in [4.78, 5) is 15.3. The second-order valence-corrected chi connectivity index (χ2v) is 5.92. The zero-order valence-corrected chi connectivity index (χ0v) is 12.8. The summed E-state index contributed by atoms with van der Waals surface area (Å²) in [5, 5.41) is -0.0228. The molecule has 0 spiro atoms. The Hall–Kier alpha value is -0.960. The molecular weight excluding hydrogens is 242 g/mol. The molecule has 1 unspecified atom stereocenters. The van der Waals surface area contributed by atoms with Crippen molar-refractivity contribution in [1.29, 1.82) is 0 Å². The minimum absolute atomic E-state index is 0.0228. The fourth-order valence-electron chi connectivity index (χ4n) is 1.87. The van der Waals surface area contributed by atoms with Crippen molar-refractivity contribution in [2.75, 3.05) is 13.1 Å². The van der Waals surface area contributed by atoms with E-state index in [1.807, 2.05) is 25.7 Å². The molecule has 0 heterocycles. The number of aryl methyl sites for hydroxylation is 2. The lowest BCUT2D eigenvalue weighted by Gasteiger charge is -2.23. The largest absolute Gasteiger partial charge is 0.342 e. The Morgan fingerprint density at radius 2 is 1.89 bits per heavy atom. The van der Waals surface area contributed by atoms with Crippen LogP contribution < -0.4 is 0 Å². The van der Waals surface area contributed by atoms with E-state index in [1.165, 1.54) is 16.0 Å². The molecule has 100 valence electrons. The molecule has 0 N–H and O–H groups in total. The topological polar surface area (TPSA) is 20.3 Å². The Morgan fingerprint density at radius 3 is 2.44 bits per heavy atom. The van der Waals surface area contributed by atoms with Crippen LogP contribution >= 0.6 is 11.8 Å². The fraction of sp³-hybridized carbons (Fsp3) is 0.533. The standard InChI is InChI=1S/C15H23NOS/c1-6-16(7-2)15(17)13(5)18-14-10-11(3)8-9-12(14)4/h8-10,13H,6-7H2,1-5H3. The molecule has 1 amide bonds. The van der Waals surface area contributed by atoms with Gasteiger partial charge < -0.3 is 4.90 Å². The van der Waals surface area contributed by atoms with Gasteiger partial charge >= 0.3 is 0 Å². The van der Waals surface area contributed by atoms with Gasteiger partial charge in [-0.05, 0) is 46.2 Å². The van der Waals surface area contributed by atoms with E-state index in [1.54, 1.807) is 11.8 Å². The zero-order valence-electron chi connectivity index (χ0n) is 12.0. The second kappa shape index (κ2) is 6.83. The first-order chi connectivity index (χ1) is 8.49. The van der Waals surface area contributed by atoms with E-state index < -0.39 is 0 Å². The molecule has 1 atom stereocenters. The van der Waals surface area contributed by atoms with Crippen LogP contribution in [0.5, 0.6) is 0 Å². The number of rotatable bonds is 5. The molecule has 1 aromatic rings. The predicted octanol–water partition coefficient (Wildman–Crippen LogP) is 3.65. The van der Waals surface area contributed by atoms with Crippen molar-refractivity contribution in [3.8, 4) is 0 Å². The van der Waals surface area contributed by atoms with Gasteiger partial charge in [0.05, 0.1) is 5.25 Å². The SMILES string of the molecule is CCN(CC)C(=O)C(C)Sc1cc(C)ccc1C. The number of hydrogen-bond donors (Lipinski definition) is 0. The second-order valence-electron chi connectivity index (χ2n) is 4.54. The highest BCUT2D eigenvalue weighted by Gasteiger charge is 2.19. The number of benzene rings is 1. The van der Waals surface area contributed by atoms with Gasteiger partial charge in [0.25, 0.3) is 0 Å². The van der Waals surface area contributed by atoms with Crippen LogP contribution in [0.4, 0.5) is 0 Å². The summed E-state index contributed by atoms with van der Waals surface area (Å²) in [7, 11) is 0. The summed E-state index contributed by atoms with van der Waals surface area (Å²) >= 11 is 1.66. The van der Waals surface area contributed by atoms with Crippen LogP contribution in [0.25, 0.3) is 0 Å². The molecule has 0 saturated carbocycles. The highest BCUT2D eigenvalue weighted by molar-refractivity contribution is 8.00. The van der Waals surface area contributed by atoms with Crippen LogP contribution in [0, 0.1) is 13.8 Å². The lowest BCUT2D eigenvalue weighted by Crippen LogP contribution is -2.36. The van der Waals surface area contributed by atoms with Gasteiger partial charge in [-0.1, -0.05) is 17.7 Å². The van der Waals surface area contributed by atoms with E-state index in [9.17, 15) is 4.79 Å². The van der Waals surface area contributed by atoms with E-state index in [4.69, 9.17) is 0 Å². The number of carbonyl (C=O) groups excluding carboxylic acids is 1. The van der Waals surface area contributed by atoms with Crippen molar-refractivity contribution in [2.24, 2.45) is 0 Å². The molecule has 0 aliphatic rings. The third kappa shape index (κ3) is 3.77. The van der Waals surface area contributed by atoms with E-state index in [-0.39, 0.29) is 11.2 Å². The van der Waals surface area contributed by atoms with Gasteiger partial charge in [0.1, 0.15) is 0 Å². The summed E-state index contributed by atoms with van der Waals surface area (Å²) in [6.45, 7) is 11.8. The maximum atomic E-state index is 12.2. The Balaban J connectivity index is 2.77. The molecule has 0 radical (unpaired) electrons. The first-order valence-corrected chi connectivity index (χ1v) is 7.40. The Morgan fingerprint density at radius 1 is 1.28 bits per heavy atom. The first-order valence-electron chi connectivity index (χ1n) is 6.52. The molecule has 0 aromatic heterocycles. The summed E-state index contributed by atoms with van der Waals surface area (Å²) < 4.78 is 0. The normalized spacial score (nSPS) is 12.3. The summed E-state index contributed by atoms with van der Waals surface area (Å²) in [6.07, 6.45) is 0. The zero-order chi connectivity index (χ0) is 13.7. The smallest absolute Gasteiger partial charge is 0.235 e. The monoisotopic (exact) mass is 265 g/mol. The minimum atomic E-state index is -0.0228. The number of carbonyl (C=O) groups is 1. The lowest BCUT2D eigenvalue weighted by atomic mass is 10.2. The van der Waals surface area contributed by atoms with Crippen LogP contribution in [0.2, 0.25) is 0 Å². The average Bonchev–Trinajstić information content (AvgIpc) is 2.35. The maximum absolute atomic E-state index is 12.2. The molecule has 1 aromatic carbocycles. The average molecular weight is 265 g/mol. The van der Waals surface area contributed by atoms with Crippen molar-refractivity contribution >= 4 is 17.7 Å². The van der Waals surface area contributed by atoms with Crippen LogP contribution in [-0.2, 0) is 4.79 Å². The fourth-order valence-corrected chi connectivity index (χ4v) is 3.01. The molecule has 0 aliphatic heterocycles. The van der Waals surface area contributed by atoms with Crippen molar-refractivity contribution < 1.29 is 4.79 Å². The molecular formula is C15H23NOS. The number of hydrogen-bond acceptors (Lipinski definition) is 2. The van der Waals surface area contributed by atoms with Gasteiger partial charge in [-0.25, -0.2) is 0 Å². The van der Waals surface area contributed by atoms with Gasteiger partial charge in [0, 0.05) is 18.0 Å². The quantitative estimate of drug-likeness (QED) is 0.757. The number of nitrogens with zero attached hydrogens (tertiary/aromatic N) is 1. The van der Waals surface area contributed by atoms with Crippen molar-refractivity contribution in [3.05, 3.63) is 29.3 Å². The number of amides is 1. The summed E-state index contributed by atoms with van der Waals surface area (Å²) in [5.74, 6) is 0.228. The molecule has 0 bridgehead atoms. The Kier molecular flexibility index (Phi) is 5.73. The van der Waals surface area contributed by atoms with E-state index in [0.29, 0.717) is 0 Å². The van der Waals surface area contributed by atoms with Gasteiger partial charge in [0.15, 0.2) is 0 Å². The van der Waals surface area contributed by atoms with E-state index in [0.717, 1.165) is 13.1 Å². The van der Waals surface area contributed by atoms with Crippen LogP contribution in [0.3, 0.4) is 0 Å². The van der Waals surface area contributed by atoms with E-state index in [2.05, 4.69) is 32.0 Å². The molecule has 18 heavy (non-hydrogen) atoms. The molecule has 2 nitrogen and oxygen atoms in total. The van der Waals surface area contributed by atoms with Crippen molar-refractivity contribution in [1.82, 2.24) is 4.90 Å². The summed E-state index contributed by atoms with van der Waals surface area (Å²) in [6, 6.07) is 6.38. The van der Waals surface area contributed by atoms with Gasteiger partial charge in [-0.3, -0.25) is 4.79 Å². The molecule has 0 aliphatic carbocycles. The first kappa shape index (κ1) is 15.1. The highest BCUT2D eigenvalue weighted by atomic mass is 32.2. The molecule has 0 fully saturated rings. The predicted molar refractivity (Wildman–Crippen MR) is 79.2 cm³/mol. The van der Waals surface area contributed by atoms with Gasteiger partial charge in [-0.2, -0.15) is 0 Å². The number of thioether (sulfide) groups is 1. The molecule has 3 heteroatoms. The summed E-state index contributed by atoms with van der Waals surface area (Å²) in [5.41, 5.74) is 2.48. The highest BCUT2D eigenvalue weighted by Crippen LogP contribution is 2.28. The molecule has 0 saturated heterocycles. The van der Waals surface area contributed by atoms with Gasteiger partial charge in [-0.15, -0.1) is 11.8 Å². The van der Waals surface area contributed by atoms with Crippen LogP contribution in [-0.4, -0.2) is 29.1 Å². The Labute approximate surface area is 115 Å². The van der Waals surface area contributed by atoms with Crippen molar-refractivity contribution in [2.45, 2.75) is 44.8 Å². The Bertz CT molecular complexity index is 413. The van der Waals surface area contributed by atoms with Gasteiger partial charge in [0.2, 0.25) is 5.91 Å².